The third-order valence-electron chi connectivity index (χ3n) is 4.12. The predicted octanol–water partition coefficient (Wildman–Crippen LogP) is 4.13. The first-order valence-corrected chi connectivity index (χ1v) is 9.81. The standard InChI is InChI=1S/C21H25NO3S/c1-21(2,3)18-11-6-16(7-12-18)8-15-20(23)17-9-13-19(14-10-17)26(24,25)22(4)5/h6-15H,1-5H3. The molecule has 0 aliphatic heterocycles. The van der Waals surface area contributed by atoms with Gasteiger partial charge in [0.15, 0.2) is 5.78 Å². The second kappa shape index (κ2) is 7.56. The molecule has 138 valence electrons. The second-order valence-electron chi connectivity index (χ2n) is 7.38. The highest BCUT2D eigenvalue weighted by Gasteiger charge is 2.17. The summed E-state index contributed by atoms with van der Waals surface area (Å²) in [6, 6.07) is 14.1. The van der Waals surface area contributed by atoms with Crippen LogP contribution in [0.3, 0.4) is 0 Å². The van der Waals surface area contributed by atoms with Crippen molar-refractivity contribution in [3.8, 4) is 0 Å². The Morgan fingerprint density at radius 3 is 1.92 bits per heavy atom. The molecular formula is C21H25NO3S. The maximum atomic E-state index is 12.3. The molecule has 0 atom stereocenters. The van der Waals surface area contributed by atoms with Crippen LogP contribution < -0.4 is 0 Å². The van der Waals surface area contributed by atoms with Crippen LogP contribution in [0, 0.1) is 0 Å². The van der Waals surface area contributed by atoms with Crippen molar-refractivity contribution in [3.63, 3.8) is 0 Å². The quantitative estimate of drug-likeness (QED) is 0.586. The highest BCUT2D eigenvalue weighted by molar-refractivity contribution is 7.89. The highest BCUT2D eigenvalue weighted by atomic mass is 32.2. The largest absolute Gasteiger partial charge is 0.289 e. The lowest BCUT2D eigenvalue weighted by atomic mass is 9.87. The van der Waals surface area contributed by atoms with Crippen molar-refractivity contribution in [2.75, 3.05) is 14.1 Å². The van der Waals surface area contributed by atoms with Gasteiger partial charge in [-0.2, -0.15) is 0 Å². The van der Waals surface area contributed by atoms with E-state index in [4.69, 9.17) is 0 Å². The summed E-state index contributed by atoms with van der Waals surface area (Å²) in [6.45, 7) is 6.46. The summed E-state index contributed by atoms with van der Waals surface area (Å²) in [5.41, 5.74) is 2.72. The minimum atomic E-state index is -3.49. The Balaban J connectivity index is 2.14. The van der Waals surface area contributed by atoms with Gasteiger partial charge in [0, 0.05) is 19.7 Å². The van der Waals surface area contributed by atoms with Gasteiger partial charge in [-0.1, -0.05) is 51.1 Å². The Morgan fingerprint density at radius 2 is 1.46 bits per heavy atom. The molecule has 0 aliphatic rings. The van der Waals surface area contributed by atoms with Crippen molar-refractivity contribution in [2.24, 2.45) is 0 Å². The van der Waals surface area contributed by atoms with Gasteiger partial charge in [-0.3, -0.25) is 4.79 Å². The third-order valence-corrected chi connectivity index (χ3v) is 5.95. The van der Waals surface area contributed by atoms with Crippen LogP contribution in [0.1, 0.15) is 42.3 Å². The Bertz CT molecular complexity index is 901. The number of carbonyl (C=O) groups is 1. The molecule has 26 heavy (non-hydrogen) atoms. The maximum Gasteiger partial charge on any atom is 0.242 e. The van der Waals surface area contributed by atoms with Crippen molar-refractivity contribution in [3.05, 3.63) is 71.3 Å². The Hall–Kier alpha value is -2.24. The van der Waals surface area contributed by atoms with E-state index in [1.165, 1.54) is 50.0 Å². The molecule has 0 N–H and O–H groups in total. The average molecular weight is 372 g/mol. The number of hydrogen-bond acceptors (Lipinski definition) is 3. The summed E-state index contributed by atoms with van der Waals surface area (Å²) < 4.78 is 25.2. The first kappa shape index (κ1) is 20.1. The van der Waals surface area contributed by atoms with Crippen LogP contribution in [0.15, 0.2) is 59.5 Å². The number of nitrogens with zero attached hydrogens (tertiary/aromatic N) is 1. The van der Waals surface area contributed by atoms with E-state index in [0.29, 0.717) is 5.56 Å². The van der Waals surface area contributed by atoms with Crippen molar-refractivity contribution >= 4 is 21.9 Å². The van der Waals surface area contributed by atoms with E-state index in [2.05, 4.69) is 32.9 Å². The summed E-state index contributed by atoms with van der Waals surface area (Å²) in [6.07, 6.45) is 3.26. The Kier molecular flexibility index (Phi) is 5.84. The van der Waals surface area contributed by atoms with Gasteiger partial charge in [-0.25, -0.2) is 12.7 Å². The lowest BCUT2D eigenvalue weighted by Gasteiger charge is -2.18. The van der Waals surface area contributed by atoms with E-state index in [-0.39, 0.29) is 16.1 Å². The smallest absolute Gasteiger partial charge is 0.242 e. The summed E-state index contributed by atoms with van der Waals surface area (Å²) in [4.78, 5) is 12.5. The van der Waals surface area contributed by atoms with Gasteiger partial charge in [0.25, 0.3) is 0 Å². The first-order valence-electron chi connectivity index (χ1n) is 8.37. The molecule has 0 heterocycles. The molecule has 0 saturated carbocycles. The number of ketones is 1. The first-order chi connectivity index (χ1) is 12.0. The fourth-order valence-electron chi connectivity index (χ4n) is 2.36. The van der Waals surface area contributed by atoms with Crippen LogP contribution >= 0.6 is 0 Å². The number of hydrogen-bond donors (Lipinski definition) is 0. The van der Waals surface area contributed by atoms with Crippen molar-refractivity contribution < 1.29 is 13.2 Å². The lowest BCUT2D eigenvalue weighted by Crippen LogP contribution is -2.22. The SMILES string of the molecule is CN(C)S(=O)(=O)c1ccc(C(=O)C=Cc2ccc(C(C)(C)C)cc2)cc1. The van der Waals surface area contributed by atoms with Gasteiger partial charge in [-0.15, -0.1) is 0 Å². The molecule has 2 rings (SSSR count). The maximum absolute atomic E-state index is 12.3. The minimum Gasteiger partial charge on any atom is -0.289 e. The van der Waals surface area contributed by atoms with E-state index in [0.717, 1.165) is 9.87 Å². The van der Waals surface area contributed by atoms with Gasteiger partial charge in [0.1, 0.15) is 0 Å². The van der Waals surface area contributed by atoms with Crippen LogP contribution in [0.25, 0.3) is 6.08 Å². The third kappa shape index (κ3) is 4.68. The molecule has 0 unspecified atom stereocenters. The fraction of sp³-hybridized carbons (Fsp3) is 0.286. The van der Waals surface area contributed by atoms with Gasteiger partial charge < -0.3 is 0 Å². The lowest BCUT2D eigenvalue weighted by molar-refractivity contribution is 0.104. The molecule has 0 amide bonds. The predicted molar refractivity (Wildman–Crippen MR) is 106 cm³/mol. The molecule has 0 aliphatic carbocycles. The van der Waals surface area contributed by atoms with Crippen LogP contribution in [0.5, 0.6) is 0 Å². The molecule has 0 aromatic heterocycles. The monoisotopic (exact) mass is 371 g/mol. The van der Waals surface area contributed by atoms with Gasteiger partial charge in [0.05, 0.1) is 4.90 Å². The number of allylic oxidation sites excluding steroid dienone is 1. The van der Waals surface area contributed by atoms with Crippen LogP contribution in [-0.4, -0.2) is 32.6 Å². The van der Waals surface area contributed by atoms with Crippen molar-refractivity contribution in [2.45, 2.75) is 31.1 Å². The van der Waals surface area contributed by atoms with E-state index in [1.807, 2.05) is 12.1 Å². The van der Waals surface area contributed by atoms with Crippen LogP contribution in [0.4, 0.5) is 0 Å². The molecule has 2 aromatic carbocycles. The van der Waals surface area contributed by atoms with E-state index in [1.54, 1.807) is 6.08 Å². The fourth-order valence-corrected chi connectivity index (χ4v) is 3.27. The molecule has 4 nitrogen and oxygen atoms in total. The zero-order chi connectivity index (χ0) is 19.5. The molecule has 0 bridgehead atoms. The highest BCUT2D eigenvalue weighted by Crippen LogP contribution is 2.22. The number of sulfonamides is 1. The van der Waals surface area contributed by atoms with Crippen LogP contribution in [0.2, 0.25) is 0 Å². The molecule has 5 heteroatoms. The zero-order valence-corrected chi connectivity index (χ0v) is 16.7. The van der Waals surface area contributed by atoms with E-state index >= 15 is 0 Å². The molecule has 0 fully saturated rings. The van der Waals surface area contributed by atoms with E-state index < -0.39 is 10.0 Å². The molecule has 2 aromatic rings. The normalized spacial score (nSPS) is 12.7. The Morgan fingerprint density at radius 1 is 0.923 bits per heavy atom. The summed E-state index contributed by atoms with van der Waals surface area (Å²) in [7, 11) is -0.538. The minimum absolute atomic E-state index is 0.0900. The number of benzene rings is 2. The number of rotatable bonds is 5. The molecular weight excluding hydrogens is 346 g/mol. The summed E-state index contributed by atoms with van der Waals surface area (Å²) >= 11 is 0. The van der Waals surface area contributed by atoms with Crippen molar-refractivity contribution in [1.29, 1.82) is 0 Å². The number of carbonyl (C=O) groups excluding carboxylic acids is 1. The van der Waals surface area contributed by atoms with Gasteiger partial charge in [0.2, 0.25) is 10.0 Å². The average Bonchev–Trinajstić information content (AvgIpc) is 2.59. The summed E-state index contributed by atoms with van der Waals surface area (Å²) in [5.74, 6) is -0.168. The van der Waals surface area contributed by atoms with E-state index in [9.17, 15) is 13.2 Å². The van der Waals surface area contributed by atoms with Gasteiger partial charge >= 0.3 is 0 Å². The zero-order valence-electron chi connectivity index (χ0n) is 15.9. The van der Waals surface area contributed by atoms with Gasteiger partial charge in [-0.05, 0) is 46.9 Å². The summed E-state index contributed by atoms with van der Waals surface area (Å²) in [5, 5.41) is 0. The Labute approximate surface area is 156 Å². The molecule has 0 radical (unpaired) electrons. The molecule has 0 spiro atoms. The second-order valence-corrected chi connectivity index (χ2v) is 9.53. The molecule has 0 saturated heterocycles. The topological polar surface area (TPSA) is 54.5 Å². The van der Waals surface area contributed by atoms with Crippen molar-refractivity contribution in [1.82, 2.24) is 4.31 Å². The van der Waals surface area contributed by atoms with Crippen LogP contribution in [-0.2, 0) is 15.4 Å².